The number of rotatable bonds is 3. The highest BCUT2D eigenvalue weighted by Gasteiger charge is 2.25. The molecule has 0 saturated carbocycles. The zero-order valence-electron chi connectivity index (χ0n) is 12.6. The summed E-state index contributed by atoms with van der Waals surface area (Å²) in [6.45, 7) is 1.72. The molecular formula is C14H9BrF4N2O2S2. The van der Waals surface area contributed by atoms with Gasteiger partial charge in [0.15, 0.2) is 28.4 Å². The van der Waals surface area contributed by atoms with Crippen LogP contribution in [0.5, 0.6) is 0 Å². The molecule has 134 valence electrons. The predicted octanol–water partition coefficient (Wildman–Crippen LogP) is 4.97. The quantitative estimate of drug-likeness (QED) is 0.224. The molecule has 2 N–H and O–H groups in total. The molecule has 0 fully saturated rings. The second kappa shape index (κ2) is 7.67. The first-order valence-electron chi connectivity index (χ1n) is 6.45. The fourth-order valence-corrected chi connectivity index (χ4v) is 3.35. The maximum Gasteiger partial charge on any atom is 0.340 e. The second-order valence-corrected chi connectivity index (χ2v) is 7.07. The molecule has 0 unspecified atom stereocenters. The number of benzene rings is 1. The minimum atomic E-state index is -1.65. The average molecular weight is 457 g/mol. The first-order valence-corrected chi connectivity index (χ1v) is 8.47. The van der Waals surface area contributed by atoms with E-state index in [0.717, 1.165) is 16.2 Å². The first-order chi connectivity index (χ1) is 11.7. The van der Waals surface area contributed by atoms with Gasteiger partial charge in [-0.3, -0.25) is 0 Å². The smallest absolute Gasteiger partial charge is 0.340 e. The van der Waals surface area contributed by atoms with E-state index < -0.39 is 39.4 Å². The maximum atomic E-state index is 13.8. The number of anilines is 2. The van der Waals surface area contributed by atoms with Gasteiger partial charge in [-0.15, -0.1) is 11.3 Å². The minimum Gasteiger partial charge on any atom is -0.465 e. The number of esters is 1. The lowest BCUT2D eigenvalue weighted by molar-refractivity contribution is 0.0602. The monoisotopic (exact) mass is 456 g/mol. The van der Waals surface area contributed by atoms with Gasteiger partial charge in [-0.25, -0.2) is 22.4 Å². The van der Waals surface area contributed by atoms with Gasteiger partial charge >= 0.3 is 5.97 Å². The zero-order valence-corrected chi connectivity index (χ0v) is 15.8. The summed E-state index contributed by atoms with van der Waals surface area (Å²) >= 11 is 8.44. The standard InChI is InChI=1S/C14H9BrF4N2O2S2/c1-4-3-5(13(22)23-2)12(25-4)21-14(24)20-11-9(18)7(16)6(15)8(17)10(11)19/h3H,1-2H3,(H2,20,21,24). The fourth-order valence-electron chi connectivity index (χ4n) is 1.83. The molecule has 1 aromatic carbocycles. The highest BCUT2D eigenvalue weighted by Crippen LogP contribution is 2.32. The minimum absolute atomic E-state index is 0.156. The Bertz CT molecular complexity index is 844. The van der Waals surface area contributed by atoms with E-state index in [1.165, 1.54) is 13.2 Å². The number of nitrogens with one attached hydrogen (secondary N) is 2. The SMILES string of the molecule is COC(=O)c1cc(C)sc1NC(=S)Nc1c(F)c(F)c(Br)c(F)c1F. The van der Waals surface area contributed by atoms with Crippen LogP contribution < -0.4 is 10.6 Å². The summed E-state index contributed by atoms with van der Waals surface area (Å²) in [7, 11) is 1.19. The van der Waals surface area contributed by atoms with Crippen molar-refractivity contribution >= 4 is 61.3 Å². The Labute approximate surface area is 157 Å². The number of halogens is 5. The Morgan fingerprint density at radius 1 is 1.16 bits per heavy atom. The van der Waals surface area contributed by atoms with E-state index in [0.29, 0.717) is 0 Å². The van der Waals surface area contributed by atoms with Crippen LogP contribution in [-0.2, 0) is 4.74 Å². The van der Waals surface area contributed by atoms with E-state index in [4.69, 9.17) is 12.2 Å². The Kier molecular flexibility index (Phi) is 6.01. The van der Waals surface area contributed by atoms with Gasteiger partial charge in [0.2, 0.25) is 0 Å². The fraction of sp³-hybridized carbons (Fsp3) is 0.143. The van der Waals surface area contributed by atoms with E-state index in [1.54, 1.807) is 6.92 Å². The normalized spacial score (nSPS) is 10.5. The van der Waals surface area contributed by atoms with Crippen LogP contribution in [0, 0.1) is 30.2 Å². The lowest BCUT2D eigenvalue weighted by atomic mass is 10.2. The second-order valence-electron chi connectivity index (χ2n) is 4.62. The third kappa shape index (κ3) is 3.93. The highest BCUT2D eigenvalue weighted by molar-refractivity contribution is 9.10. The molecule has 0 amide bonds. The molecule has 4 nitrogen and oxygen atoms in total. The maximum absolute atomic E-state index is 13.8. The van der Waals surface area contributed by atoms with Crippen molar-refractivity contribution in [2.45, 2.75) is 6.92 Å². The molecule has 0 aliphatic rings. The lowest BCUT2D eigenvalue weighted by Crippen LogP contribution is -2.22. The van der Waals surface area contributed by atoms with Crippen molar-refractivity contribution in [3.05, 3.63) is 44.2 Å². The van der Waals surface area contributed by atoms with Crippen LogP contribution in [-0.4, -0.2) is 18.2 Å². The molecule has 0 bridgehead atoms. The summed E-state index contributed by atoms with van der Waals surface area (Å²) in [4.78, 5) is 12.4. The highest BCUT2D eigenvalue weighted by atomic mass is 79.9. The Morgan fingerprint density at radius 2 is 1.72 bits per heavy atom. The van der Waals surface area contributed by atoms with Gasteiger partial charge in [-0.2, -0.15) is 0 Å². The van der Waals surface area contributed by atoms with Crippen molar-refractivity contribution in [2.24, 2.45) is 0 Å². The number of hydrogen-bond donors (Lipinski definition) is 2. The molecule has 1 heterocycles. The number of ether oxygens (including phenoxy) is 1. The van der Waals surface area contributed by atoms with Crippen LogP contribution in [0.4, 0.5) is 28.3 Å². The molecule has 0 atom stereocenters. The number of aryl methyl sites for hydroxylation is 1. The van der Waals surface area contributed by atoms with E-state index in [-0.39, 0.29) is 15.7 Å². The third-order valence-corrected chi connectivity index (χ3v) is 4.80. The van der Waals surface area contributed by atoms with Crippen molar-refractivity contribution < 1.29 is 27.1 Å². The van der Waals surface area contributed by atoms with Gasteiger partial charge in [0.05, 0.1) is 17.1 Å². The van der Waals surface area contributed by atoms with E-state index >= 15 is 0 Å². The van der Waals surface area contributed by atoms with Crippen LogP contribution in [0.15, 0.2) is 10.5 Å². The molecule has 0 spiro atoms. The molecule has 1 aromatic heterocycles. The van der Waals surface area contributed by atoms with Crippen molar-refractivity contribution in [3.8, 4) is 0 Å². The Morgan fingerprint density at radius 3 is 2.24 bits per heavy atom. The van der Waals surface area contributed by atoms with Gasteiger partial charge in [0.25, 0.3) is 0 Å². The molecule has 0 radical (unpaired) electrons. The van der Waals surface area contributed by atoms with Crippen LogP contribution >= 0.6 is 39.5 Å². The molecule has 25 heavy (non-hydrogen) atoms. The zero-order chi connectivity index (χ0) is 18.9. The van der Waals surface area contributed by atoms with Gasteiger partial charge < -0.3 is 15.4 Å². The molecule has 0 aliphatic heterocycles. The topological polar surface area (TPSA) is 50.4 Å². The Balaban J connectivity index is 2.30. The van der Waals surface area contributed by atoms with Crippen molar-refractivity contribution in [1.82, 2.24) is 0 Å². The summed E-state index contributed by atoms with van der Waals surface area (Å²) in [5.41, 5.74) is -0.938. The molecule has 11 heteroatoms. The lowest BCUT2D eigenvalue weighted by Gasteiger charge is -2.13. The summed E-state index contributed by atoms with van der Waals surface area (Å²) < 4.78 is 58.4. The van der Waals surface area contributed by atoms with Crippen molar-refractivity contribution in [3.63, 3.8) is 0 Å². The van der Waals surface area contributed by atoms with Crippen LogP contribution in [0.2, 0.25) is 0 Å². The van der Waals surface area contributed by atoms with E-state index in [2.05, 4.69) is 31.3 Å². The van der Waals surface area contributed by atoms with E-state index in [1.807, 2.05) is 0 Å². The number of carbonyl (C=O) groups excluding carboxylic acids is 1. The molecule has 0 saturated heterocycles. The van der Waals surface area contributed by atoms with E-state index in [9.17, 15) is 22.4 Å². The van der Waals surface area contributed by atoms with Crippen LogP contribution in [0.3, 0.4) is 0 Å². The summed E-state index contributed by atoms with van der Waals surface area (Å²) in [6, 6.07) is 1.53. The van der Waals surface area contributed by atoms with Crippen molar-refractivity contribution in [2.75, 3.05) is 17.7 Å². The van der Waals surface area contributed by atoms with Gasteiger partial charge in [0.1, 0.15) is 10.7 Å². The molecular weight excluding hydrogens is 448 g/mol. The average Bonchev–Trinajstić information content (AvgIpc) is 2.94. The van der Waals surface area contributed by atoms with Crippen molar-refractivity contribution in [1.29, 1.82) is 0 Å². The van der Waals surface area contributed by atoms with Gasteiger partial charge in [-0.05, 0) is 41.1 Å². The van der Waals surface area contributed by atoms with Gasteiger partial charge in [0, 0.05) is 4.88 Å². The number of thiophene rings is 1. The van der Waals surface area contributed by atoms with Crippen LogP contribution in [0.1, 0.15) is 15.2 Å². The summed E-state index contributed by atoms with van der Waals surface area (Å²) in [6.07, 6.45) is 0. The van der Waals surface area contributed by atoms with Crippen LogP contribution in [0.25, 0.3) is 0 Å². The number of hydrogen-bond acceptors (Lipinski definition) is 4. The predicted molar refractivity (Wildman–Crippen MR) is 94.2 cm³/mol. The Hall–Kier alpha value is -1.72. The number of methoxy groups -OCH3 is 1. The molecule has 2 aromatic rings. The molecule has 0 aliphatic carbocycles. The molecule has 2 rings (SSSR count). The summed E-state index contributed by atoms with van der Waals surface area (Å²) in [5, 5.41) is 4.49. The third-order valence-electron chi connectivity index (χ3n) is 2.94. The van der Waals surface area contributed by atoms with Gasteiger partial charge in [-0.1, -0.05) is 0 Å². The summed E-state index contributed by atoms with van der Waals surface area (Å²) in [5.74, 6) is -7.15. The number of carbonyl (C=O) groups is 1. The number of thiocarbonyl (C=S) groups is 1. The largest absolute Gasteiger partial charge is 0.465 e. The first kappa shape index (κ1) is 19.6.